The maximum Gasteiger partial charge on any atom is 0.335 e. The van der Waals surface area contributed by atoms with E-state index in [0.717, 1.165) is 10.5 Å². The maximum absolute atomic E-state index is 11.1. The number of hydrogen-bond donors (Lipinski definition) is 1. The number of benzene rings is 2. The number of rotatable bonds is 6. The van der Waals surface area contributed by atoms with Crippen molar-refractivity contribution in [2.45, 2.75) is 11.8 Å². The minimum atomic E-state index is -0.901. The van der Waals surface area contributed by atoms with Crippen molar-refractivity contribution in [2.24, 2.45) is 0 Å². The summed E-state index contributed by atoms with van der Waals surface area (Å²) in [4.78, 5) is 12.0. The van der Waals surface area contributed by atoms with E-state index in [1.54, 1.807) is 30.8 Å². The second kappa shape index (κ2) is 7.38. The Hall–Kier alpha value is -1.65. The van der Waals surface area contributed by atoms with E-state index in [1.807, 2.05) is 30.3 Å². The molecule has 0 fully saturated rings. The third-order valence-electron chi connectivity index (χ3n) is 2.89. The van der Waals surface area contributed by atoms with Crippen LogP contribution in [0.3, 0.4) is 0 Å². The first-order valence-corrected chi connectivity index (χ1v) is 7.78. The van der Waals surface area contributed by atoms with Gasteiger partial charge >= 0.3 is 5.97 Å². The van der Waals surface area contributed by atoms with E-state index in [2.05, 4.69) is 0 Å². The fourth-order valence-electron chi connectivity index (χ4n) is 1.79. The molecule has 3 nitrogen and oxygen atoms in total. The SMILES string of the molecule is Cc1ccc(SCCOc2ccccc2Cl)cc1C(=O)O. The largest absolute Gasteiger partial charge is 0.491 e. The molecule has 0 saturated carbocycles. The summed E-state index contributed by atoms with van der Waals surface area (Å²) < 4.78 is 5.59. The van der Waals surface area contributed by atoms with Crippen LogP contribution in [0.4, 0.5) is 0 Å². The van der Waals surface area contributed by atoms with Gasteiger partial charge in [-0.2, -0.15) is 0 Å². The summed E-state index contributed by atoms with van der Waals surface area (Å²) in [5.41, 5.74) is 1.10. The maximum atomic E-state index is 11.1. The van der Waals surface area contributed by atoms with E-state index < -0.39 is 5.97 Å². The zero-order valence-electron chi connectivity index (χ0n) is 11.5. The Bertz CT molecular complexity index is 643. The molecule has 0 aliphatic rings. The van der Waals surface area contributed by atoms with Crippen LogP contribution in [-0.4, -0.2) is 23.4 Å². The Morgan fingerprint density at radius 3 is 2.76 bits per heavy atom. The van der Waals surface area contributed by atoms with Gasteiger partial charge in [0.2, 0.25) is 0 Å². The molecule has 0 amide bonds. The van der Waals surface area contributed by atoms with Gasteiger partial charge in [0.15, 0.2) is 0 Å². The molecule has 0 aliphatic heterocycles. The van der Waals surface area contributed by atoms with Gasteiger partial charge in [-0.3, -0.25) is 0 Å². The topological polar surface area (TPSA) is 46.5 Å². The monoisotopic (exact) mass is 322 g/mol. The first kappa shape index (κ1) is 15.7. The molecule has 0 spiro atoms. The Kier molecular flexibility index (Phi) is 5.53. The summed E-state index contributed by atoms with van der Waals surface area (Å²) in [7, 11) is 0. The van der Waals surface area contributed by atoms with Crippen molar-refractivity contribution in [3.63, 3.8) is 0 Å². The Balaban J connectivity index is 1.88. The minimum Gasteiger partial charge on any atom is -0.491 e. The van der Waals surface area contributed by atoms with Gasteiger partial charge in [0, 0.05) is 10.6 Å². The van der Waals surface area contributed by atoms with Gasteiger partial charge < -0.3 is 9.84 Å². The highest BCUT2D eigenvalue weighted by molar-refractivity contribution is 7.99. The van der Waals surface area contributed by atoms with Gasteiger partial charge in [0.25, 0.3) is 0 Å². The van der Waals surface area contributed by atoms with E-state index in [9.17, 15) is 4.79 Å². The molecule has 110 valence electrons. The number of para-hydroxylation sites is 1. The standard InChI is InChI=1S/C16H15ClO3S/c1-11-6-7-12(10-13(11)16(18)19)21-9-8-20-15-5-3-2-4-14(15)17/h2-7,10H,8-9H2,1H3,(H,18,19). The summed E-state index contributed by atoms with van der Waals surface area (Å²) in [5.74, 6) is 0.477. The van der Waals surface area contributed by atoms with Crippen molar-refractivity contribution in [3.8, 4) is 5.75 Å². The van der Waals surface area contributed by atoms with Crippen molar-refractivity contribution in [1.29, 1.82) is 0 Å². The zero-order chi connectivity index (χ0) is 15.2. The predicted octanol–water partition coefficient (Wildman–Crippen LogP) is 4.52. The van der Waals surface area contributed by atoms with Gasteiger partial charge in [0.1, 0.15) is 5.75 Å². The molecule has 5 heteroatoms. The lowest BCUT2D eigenvalue weighted by atomic mass is 10.1. The molecular weight excluding hydrogens is 308 g/mol. The van der Waals surface area contributed by atoms with Crippen LogP contribution in [0.15, 0.2) is 47.4 Å². The lowest BCUT2D eigenvalue weighted by Crippen LogP contribution is -2.02. The summed E-state index contributed by atoms with van der Waals surface area (Å²) >= 11 is 7.55. The highest BCUT2D eigenvalue weighted by Gasteiger charge is 2.08. The normalized spacial score (nSPS) is 10.4. The lowest BCUT2D eigenvalue weighted by molar-refractivity contribution is 0.0696. The molecule has 0 unspecified atom stereocenters. The van der Waals surface area contributed by atoms with E-state index in [0.29, 0.717) is 28.7 Å². The quantitative estimate of drug-likeness (QED) is 0.627. The van der Waals surface area contributed by atoms with Gasteiger partial charge in [-0.25, -0.2) is 4.79 Å². The van der Waals surface area contributed by atoms with Gasteiger partial charge in [-0.1, -0.05) is 29.8 Å². The third-order valence-corrected chi connectivity index (χ3v) is 4.16. The van der Waals surface area contributed by atoms with Crippen LogP contribution in [0.5, 0.6) is 5.75 Å². The van der Waals surface area contributed by atoms with E-state index >= 15 is 0 Å². The van der Waals surface area contributed by atoms with Crippen LogP contribution in [0.25, 0.3) is 0 Å². The second-order valence-electron chi connectivity index (χ2n) is 4.41. The van der Waals surface area contributed by atoms with E-state index in [1.165, 1.54) is 0 Å². The number of ether oxygens (including phenoxy) is 1. The molecular formula is C16H15ClO3S. The average molecular weight is 323 g/mol. The van der Waals surface area contributed by atoms with Crippen molar-refractivity contribution >= 4 is 29.3 Å². The molecule has 2 rings (SSSR count). The number of aromatic carboxylic acids is 1. The predicted molar refractivity (Wildman–Crippen MR) is 85.8 cm³/mol. The number of carboxylic acids is 1. The first-order chi connectivity index (χ1) is 10.1. The summed E-state index contributed by atoms with van der Waals surface area (Å²) in [6, 6.07) is 12.8. The third kappa shape index (κ3) is 4.41. The Morgan fingerprint density at radius 1 is 1.29 bits per heavy atom. The van der Waals surface area contributed by atoms with Crippen LogP contribution in [0.2, 0.25) is 5.02 Å². The molecule has 0 aliphatic carbocycles. The molecule has 0 saturated heterocycles. The van der Waals surface area contributed by atoms with Crippen LogP contribution in [-0.2, 0) is 0 Å². The van der Waals surface area contributed by atoms with Crippen molar-refractivity contribution < 1.29 is 14.6 Å². The number of carbonyl (C=O) groups is 1. The van der Waals surface area contributed by atoms with Crippen LogP contribution in [0.1, 0.15) is 15.9 Å². The fourth-order valence-corrected chi connectivity index (χ4v) is 2.75. The number of thioether (sulfide) groups is 1. The number of halogens is 1. The highest BCUT2D eigenvalue weighted by Crippen LogP contribution is 2.25. The van der Waals surface area contributed by atoms with Gasteiger partial charge in [-0.05, 0) is 36.8 Å². The van der Waals surface area contributed by atoms with E-state index in [4.69, 9.17) is 21.4 Å². The molecule has 2 aromatic rings. The van der Waals surface area contributed by atoms with Crippen LogP contribution in [0, 0.1) is 6.92 Å². The number of carboxylic acid groups (broad SMARTS) is 1. The first-order valence-electron chi connectivity index (χ1n) is 6.42. The van der Waals surface area contributed by atoms with Crippen LogP contribution >= 0.6 is 23.4 Å². The summed E-state index contributed by atoms with van der Waals surface area (Å²) in [5, 5.41) is 9.68. The smallest absolute Gasteiger partial charge is 0.335 e. The summed E-state index contributed by atoms with van der Waals surface area (Å²) in [6.45, 7) is 2.29. The fraction of sp³-hybridized carbons (Fsp3) is 0.188. The number of hydrogen-bond acceptors (Lipinski definition) is 3. The van der Waals surface area contributed by atoms with Crippen molar-refractivity contribution in [3.05, 3.63) is 58.6 Å². The number of aryl methyl sites for hydroxylation is 1. The highest BCUT2D eigenvalue weighted by atomic mass is 35.5. The average Bonchev–Trinajstić information content (AvgIpc) is 2.46. The molecule has 0 bridgehead atoms. The zero-order valence-corrected chi connectivity index (χ0v) is 13.1. The minimum absolute atomic E-state index is 0.340. The molecule has 1 N–H and O–H groups in total. The molecule has 2 aromatic carbocycles. The van der Waals surface area contributed by atoms with Crippen molar-refractivity contribution in [2.75, 3.05) is 12.4 Å². The van der Waals surface area contributed by atoms with E-state index in [-0.39, 0.29) is 0 Å². The second-order valence-corrected chi connectivity index (χ2v) is 5.98. The van der Waals surface area contributed by atoms with Gasteiger partial charge in [0.05, 0.1) is 17.2 Å². The molecule has 0 radical (unpaired) electrons. The van der Waals surface area contributed by atoms with Gasteiger partial charge in [-0.15, -0.1) is 11.8 Å². The Morgan fingerprint density at radius 2 is 2.05 bits per heavy atom. The van der Waals surface area contributed by atoms with Crippen molar-refractivity contribution in [1.82, 2.24) is 0 Å². The molecule has 0 aromatic heterocycles. The lowest BCUT2D eigenvalue weighted by Gasteiger charge is -2.08. The Labute approximate surface area is 132 Å². The molecule has 21 heavy (non-hydrogen) atoms. The summed E-state index contributed by atoms with van der Waals surface area (Å²) in [6.07, 6.45) is 0. The molecule has 0 heterocycles. The molecule has 0 atom stereocenters. The van der Waals surface area contributed by atoms with Crippen LogP contribution < -0.4 is 4.74 Å².